The third kappa shape index (κ3) is 4.45. The first-order valence-electron chi connectivity index (χ1n) is 8.04. The van der Waals surface area contributed by atoms with Gasteiger partial charge in [0.25, 0.3) is 0 Å². The van der Waals surface area contributed by atoms with Crippen molar-refractivity contribution in [3.8, 4) is 0 Å². The Hall–Kier alpha value is -2.89. The predicted molar refractivity (Wildman–Crippen MR) is 109 cm³/mol. The Morgan fingerprint density at radius 1 is 0.889 bits per heavy atom. The molecule has 0 bridgehead atoms. The molecule has 0 saturated carbocycles. The third-order valence-electron chi connectivity index (χ3n) is 3.89. The topological polar surface area (TPSA) is 70.6 Å². The zero-order chi connectivity index (χ0) is 19.4. The van der Waals surface area contributed by atoms with Crippen LogP contribution >= 0.6 is 23.2 Å². The zero-order valence-corrected chi connectivity index (χ0v) is 15.8. The smallest absolute Gasteiger partial charge is 0.318 e. The van der Waals surface area contributed by atoms with Crippen LogP contribution in [0.2, 0.25) is 10.0 Å². The first-order chi connectivity index (χ1) is 13.0. The molecule has 0 radical (unpaired) electrons. The van der Waals surface area contributed by atoms with E-state index in [0.29, 0.717) is 16.4 Å². The number of hydrogen-bond donors (Lipinski definition) is 2. The molecule has 0 aliphatic carbocycles. The highest BCUT2D eigenvalue weighted by molar-refractivity contribution is 6.43. The number of amides is 2. The summed E-state index contributed by atoms with van der Waals surface area (Å²) < 4.78 is 0. The summed E-state index contributed by atoms with van der Waals surface area (Å²) >= 11 is 11.7. The second-order valence-corrected chi connectivity index (χ2v) is 6.56. The number of fused-ring (bicyclic) bond motifs is 1. The maximum absolute atomic E-state index is 12.0. The summed E-state index contributed by atoms with van der Waals surface area (Å²) in [5.74, 6) is -1.75. The van der Waals surface area contributed by atoms with Gasteiger partial charge in [0, 0.05) is 11.3 Å². The lowest BCUT2D eigenvalue weighted by molar-refractivity contribution is -0.136. The molecule has 0 aromatic heterocycles. The van der Waals surface area contributed by atoms with E-state index in [-0.39, 0.29) is 5.02 Å². The fourth-order valence-corrected chi connectivity index (χ4v) is 2.85. The van der Waals surface area contributed by atoms with E-state index in [1.54, 1.807) is 13.0 Å². The summed E-state index contributed by atoms with van der Waals surface area (Å²) in [5, 5.41) is 9.19. The average Bonchev–Trinajstić information content (AvgIpc) is 2.68. The minimum absolute atomic E-state index is 0.277. The van der Waals surface area contributed by atoms with Crippen LogP contribution in [-0.2, 0) is 9.59 Å². The van der Waals surface area contributed by atoms with Crippen molar-refractivity contribution in [2.24, 2.45) is 5.10 Å². The van der Waals surface area contributed by atoms with E-state index in [0.717, 1.165) is 16.3 Å². The van der Waals surface area contributed by atoms with Crippen LogP contribution in [0.3, 0.4) is 0 Å². The van der Waals surface area contributed by atoms with E-state index in [9.17, 15) is 9.59 Å². The molecular formula is C20H15Cl2N3O2. The molecule has 5 nitrogen and oxygen atoms in total. The monoisotopic (exact) mass is 399 g/mol. The number of rotatable bonds is 3. The van der Waals surface area contributed by atoms with Gasteiger partial charge < -0.3 is 5.32 Å². The van der Waals surface area contributed by atoms with Crippen molar-refractivity contribution in [3.05, 3.63) is 76.3 Å². The van der Waals surface area contributed by atoms with Crippen LogP contribution in [0.5, 0.6) is 0 Å². The number of carbonyl (C=O) groups excluding carboxylic acids is 2. The predicted octanol–water partition coefficient (Wildman–Crippen LogP) is 4.63. The number of nitrogens with one attached hydrogen (secondary N) is 2. The molecule has 3 aromatic rings. The highest BCUT2D eigenvalue weighted by atomic mass is 35.5. The van der Waals surface area contributed by atoms with Gasteiger partial charge in [0.2, 0.25) is 0 Å². The van der Waals surface area contributed by atoms with E-state index < -0.39 is 11.8 Å². The second-order valence-electron chi connectivity index (χ2n) is 5.75. The number of hydrogen-bond acceptors (Lipinski definition) is 3. The number of halogens is 2. The quantitative estimate of drug-likeness (QED) is 0.383. The zero-order valence-electron chi connectivity index (χ0n) is 14.3. The van der Waals surface area contributed by atoms with E-state index in [1.807, 2.05) is 42.5 Å². The molecule has 2 N–H and O–H groups in total. The highest BCUT2D eigenvalue weighted by Gasteiger charge is 2.14. The third-order valence-corrected chi connectivity index (χ3v) is 4.63. The summed E-state index contributed by atoms with van der Waals surface area (Å²) in [6.07, 6.45) is 0. The van der Waals surface area contributed by atoms with E-state index >= 15 is 0 Å². The van der Waals surface area contributed by atoms with Crippen LogP contribution in [-0.4, -0.2) is 17.5 Å². The molecule has 0 aliphatic heterocycles. The Morgan fingerprint density at radius 3 is 2.41 bits per heavy atom. The van der Waals surface area contributed by atoms with Gasteiger partial charge in [0.15, 0.2) is 0 Å². The summed E-state index contributed by atoms with van der Waals surface area (Å²) in [7, 11) is 0. The highest BCUT2D eigenvalue weighted by Crippen LogP contribution is 2.25. The van der Waals surface area contributed by atoms with Crippen molar-refractivity contribution in [3.63, 3.8) is 0 Å². The van der Waals surface area contributed by atoms with Gasteiger partial charge >= 0.3 is 11.8 Å². The molecular weight excluding hydrogens is 385 g/mol. The van der Waals surface area contributed by atoms with Gasteiger partial charge in [-0.3, -0.25) is 9.59 Å². The van der Waals surface area contributed by atoms with Crippen LogP contribution in [0.4, 0.5) is 5.69 Å². The molecule has 0 atom stereocenters. The Morgan fingerprint density at radius 2 is 1.63 bits per heavy atom. The minimum Gasteiger partial charge on any atom is -0.318 e. The summed E-state index contributed by atoms with van der Waals surface area (Å²) in [4.78, 5) is 24.0. The average molecular weight is 400 g/mol. The lowest BCUT2D eigenvalue weighted by atomic mass is 10.0. The van der Waals surface area contributed by atoms with Crippen molar-refractivity contribution >= 4 is 57.2 Å². The van der Waals surface area contributed by atoms with E-state index in [4.69, 9.17) is 23.2 Å². The van der Waals surface area contributed by atoms with E-state index in [2.05, 4.69) is 15.8 Å². The molecule has 136 valence electrons. The van der Waals surface area contributed by atoms with Crippen molar-refractivity contribution < 1.29 is 9.59 Å². The van der Waals surface area contributed by atoms with Crippen LogP contribution in [0, 0.1) is 0 Å². The van der Waals surface area contributed by atoms with Crippen LogP contribution in [0.25, 0.3) is 10.8 Å². The Balaban J connectivity index is 1.71. The number of carbonyl (C=O) groups is 2. The summed E-state index contributed by atoms with van der Waals surface area (Å²) in [6, 6.07) is 18.2. The molecule has 3 aromatic carbocycles. The number of hydrazone groups is 1. The number of nitrogens with zero attached hydrogens (tertiary/aromatic N) is 1. The van der Waals surface area contributed by atoms with Gasteiger partial charge in [-0.2, -0.15) is 5.10 Å². The Kier molecular flexibility index (Phi) is 5.74. The Labute approximate surface area is 166 Å². The lowest BCUT2D eigenvalue weighted by Gasteiger charge is -2.07. The molecule has 2 amide bonds. The van der Waals surface area contributed by atoms with Crippen molar-refractivity contribution in [2.75, 3.05) is 5.32 Å². The maximum Gasteiger partial charge on any atom is 0.329 e. The molecule has 0 aliphatic rings. The molecule has 3 rings (SSSR count). The molecule has 27 heavy (non-hydrogen) atoms. The van der Waals surface area contributed by atoms with Crippen LogP contribution in [0.15, 0.2) is 65.8 Å². The molecule has 0 spiro atoms. The fraction of sp³-hybridized carbons (Fsp3) is 0.0500. The van der Waals surface area contributed by atoms with Gasteiger partial charge in [-0.05, 0) is 35.9 Å². The fourth-order valence-electron chi connectivity index (χ4n) is 2.55. The SMILES string of the molecule is C/C(=N\NC(=O)C(=O)Nc1ccc(Cl)c(Cl)c1)c1cccc2ccccc12. The molecule has 0 unspecified atom stereocenters. The maximum atomic E-state index is 12.0. The minimum atomic E-state index is -0.888. The molecule has 0 saturated heterocycles. The van der Waals surface area contributed by atoms with Crippen molar-refractivity contribution in [1.29, 1.82) is 0 Å². The lowest BCUT2D eigenvalue weighted by Crippen LogP contribution is -2.32. The largest absolute Gasteiger partial charge is 0.329 e. The van der Waals surface area contributed by atoms with Crippen LogP contribution in [0.1, 0.15) is 12.5 Å². The number of benzene rings is 3. The van der Waals surface area contributed by atoms with Gasteiger partial charge in [-0.1, -0.05) is 65.7 Å². The standard InChI is InChI=1S/C20H15Cl2N3O2/c1-12(15-8-4-6-13-5-2-3-7-16(13)15)24-25-20(27)19(26)23-14-9-10-17(21)18(22)11-14/h2-11H,1H3,(H,23,26)(H,25,27)/b24-12+. The molecule has 0 fully saturated rings. The van der Waals surface area contributed by atoms with Gasteiger partial charge in [-0.15, -0.1) is 0 Å². The summed E-state index contributed by atoms with van der Waals surface area (Å²) in [5.41, 5.74) is 4.09. The first kappa shape index (κ1) is 18.9. The molecule has 7 heteroatoms. The van der Waals surface area contributed by atoms with Gasteiger partial charge in [-0.25, -0.2) is 5.43 Å². The first-order valence-corrected chi connectivity index (χ1v) is 8.80. The number of anilines is 1. The second kappa shape index (κ2) is 8.20. The summed E-state index contributed by atoms with van der Waals surface area (Å²) in [6.45, 7) is 1.76. The van der Waals surface area contributed by atoms with Gasteiger partial charge in [0.1, 0.15) is 0 Å². The normalized spacial score (nSPS) is 11.3. The van der Waals surface area contributed by atoms with E-state index in [1.165, 1.54) is 12.1 Å². The molecule has 0 heterocycles. The van der Waals surface area contributed by atoms with Gasteiger partial charge in [0.05, 0.1) is 15.8 Å². The van der Waals surface area contributed by atoms with Crippen molar-refractivity contribution in [1.82, 2.24) is 5.43 Å². The van der Waals surface area contributed by atoms with Crippen molar-refractivity contribution in [2.45, 2.75) is 6.92 Å². The van der Waals surface area contributed by atoms with Crippen LogP contribution < -0.4 is 10.7 Å². The Bertz CT molecular complexity index is 1060.